The minimum atomic E-state index is -2.40. The van der Waals surface area contributed by atoms with Crippen molar-refractivity contribution in [3.63, 3.8) is 0 Å². The largest absolute Gasteiger partial charge is 0.392 e. The molecule has 25 heavy (non-hydrogen) atoms. The van der Waals surface area contributed by atoms with Gasteiger partial charge in [0, 0.05) is 30.1 Å². The molecule has 0 saturated carbocycles. The molecule has 152 valence electrons. The second-order valence-electron chi connectivity index (χ2n) is 7.79. The molecule has 0 aliphatic rings. The molecule has 6 heteroatoms. The van der Waals surface area contributed by atoms with E-state index in [1.807, 2.05) is 0 Å². The fourth-order valence-electron chi connectivity index (χ4n) is 2.84. The van der Waals surface area contributed by atoms with Crippen LogP contribution in [0.4, 0.5) is 0 Å². The Balaban J connectivity index is 5.45. The van der Waals surface area contributed by atoms with Crippen LogP contribution in [0.15, 0.2) is 0 Å². The Labute approximate surface area is 159 Å². The van der Waals surface area contributed by atoms with Gasteiger partial charge in [-0.25, -0.2) is 0 Å². The topological polar surface area (TPSA) is 36.9 Å². The molecule has 4 unspecified atom stereocenters. The Bertz CT molecular complexity index is 298. The zero-order valence-electron chi connectivity index (χ0n) is 18.5. The Morgan fingerprint density at radius 1 is 0.520 bits per heavy atom. The third kappa shape index (κ3) is 10.3. The Kier molecular flexibility index (Phi) is 12.0. The van der Waals surface area contributed by atoms with Gasteiger partial charge in [-0.2, -0.15) is 0 Å². The molecule has 0 fully saturated rings. The summed E-state index contributed by atoms with van der Waals surface area (Å²) < 4.78 is 25.9. The van der Waals surface area contributed by atoms with Crippen molar-refractivity contribution in [1.29, 1.82) is 0 Å². The Morgan fingerprint density at radius 2 is 0.720 bits per heavy atom. The Hall–Kier alpha value is 0.274. The molecule has 4 nitrogen and oxygen atoms in total. The summed E-state index contributed by atoms with van der Waals surface area (Å²) in [7, 11) is -4.80. The second-order valence-corrected chi connectivity index (χ2v) is 14.7. The quantitative estimate of drug-likeness (QED) is 0.343. The predicted molar refractivity (Wildman–Crippen MR) is 111 cm³/mol. The summed E-state index contributed by atoms with van der Waals surface area (Å²) in [4.78, 5) is 0. The van der Waals surface area contributed by atoms with E-state index in [0.29, 0.717) is 0 Å². The molecular formula is C19H44O4Si2. The number of hydrogen-bond donors (Lipinski definition) is 0. The third-order valence-electron chi connectivity index (χ3n) is 4.74. The molecule has 0 aliphatic heterocycles. The van der Waals surface area contributed by atoms with Crippen LogP contribution in [-0.4, -0.2) is 41.5 Å². The van der Waals surface area contributed by atoms with Gasteiger partial charge in [-0.3, -0.25) is 0 Å². The van der Waals surface area contributed by atoms with Crippen LogP contribution in [0.25, 0.3) is 0 Å². The van der Waals surface area contributed by atoms with Crippen molar-refractivity contribution >= 4 is 17.1 Å². The molecule has 0 amide bonds. The number of hydrogen-bond acceptors (Lipinski definition) is 4. The maximum Gasteiger partial charge on any atom is 0.337 e. The van der Waals surface area contributed by atoms with E-state index in [4.69, 9.17) is 17.7 Å². The van der Waals surface area contributed by atoms with Gasteiger partial charge in [0.25, 0.3) is 0 Å². The highest BCUT2D eigenvalue weighted by atomic mass is 28.4. The summed E-state index contributed by atoms with van der Waals surface area (Å²) in [6.45, 7) is 21.5. The Morgan fingerprint density at radius 3 is 0.880 bits per heavy atom. The second kappa shape index (κ2) is 11.9. The summed E-state index contributed by atoms with van der Waals surface area (Å²) in [5.41, 5.74) is 0.809. The smallest absolute Gasteiger partial charge is 0.337 e. The highest BCUT2D eigenvalue weighted by Gasteiger charge is 2.48. The molecule has 0 aromatic heterocycles. The summed E-state index contributed by atoms with van der Waals surface area (Å²) in [5.74, 6) is 0. The van der Waals surface area contributed by atoms with Crippen LogP contribution in [0.2, 0.25) is 18.8 Å². The average molecular weight is 393 g/mol. The summed E-state index contributed by atoms with van der Waals surface area (Å²) >= 11 is 0. The standard InChI is InChI=1S/C19H44O4Si2/c1-11-16(5)20-24(9,21-17(6)12-2)15-25(10,22-18(7)13-3)23-19(8)14-4/h16-19H,11-15H2,1-10H3. The third-order valence-corrected chi connectivity index (χ3v) is 13.5. The zero-order valence-corrected chi connectivity index (χ0v) is 20.5. The van der Waals surface area contributed by atoms with Crippen molar-refractivity contribution in [2.24, 2.45) is 0 Å². The van der Waals surface area contributed by atoms with Crippen LogP contribution in [0, 0.1) is 0 Å². The fourth-order valence-corrected chi connectivity index (χ4v) is 13.0. The van der Waals surface area contributed by atoms with E-state index in [2.05, 4.69) is 68.5 Å². The van der Waals surface area contributed by atoms with Crippen molar-refractivity contribution in [2.75, 3.05) is 0 Å². The van der Waals surface area contributed by atoms with Crippen LogP contribution in [-0.2, 0) is 17.7 Å². The lowest BCUT2D eigenvalue weighted by Crippen LogP contribution is -2.55. The molecule has 0 aromatic rings. The summed E-state index contributed by atoms with van der Waals surface area (Å²) in [5, 5.41) is 0. The van der Waals surface area contributed by atoms with Crippen LogP contribution in [0.1, 0.15) is 81.1 Å². The first-order chi connectivity index (χ1) is 11.5. The van der Waals surface area contributed by atoms with Crippen molar-refractivity contribution in [1.82, 2.24) is 0 Å². The van der Waals surface area contributed by atoms with E-state index >= 15 is 0 Å². The van der Waals surface area contributed by atoms with Crippen molar-refractivity contribution in [3.05, 3.63) is 0 Å². The molecule has 0 spiro atoms. The van der Waals surface area contributed by atoms with E-state index in [1.54, 1.807) is 0 Å². The number of rotatable bonds is 14. The predicted octanol–water partition coefficient (Wildman–Crippen LogP) is 5.93. The molecular weight excluding hydrogens is 348 g/mol. The first-order valence-electron chi connectivity index (χ1n) is 10.2. The molecule has 0 aliphatic carbocycles. The summed E-state index contributed by atoms with van der Waals surface area (Å²) in [6, 6.07) is 0. The highest BCUT2D eigenvalue weighted by Crippen LogP contribution is 2.30. The molecule has 0 bridgehead atoms. The van der Waals surface area contributed by atoms with Gasteiger partial charge in [0.2, 0.25) is 0 Å². The van der Waals surface area contributed by atoms with Crippen LogP contribution in [0.5, 0.6) is 0 Å². The van der Waals surface area contributed by atoms with Gasteiger partial charge < -0.3 is 17.7 Å². The van der Waals surface area contributed by atoms with E-state index in [0.717, 1.165) is 31.4 Å². The van der Waals surface area contributed by atoms with Crippen LogP contribution < -0.4 is 0 Å². The fraction of sp³-hybridized carbons (Fsp3) is 1.00. The molecule has 0 aromatic carbocycles. The lowest BCUT2D eigenvalue weighted by atomic mass is 10.3. The van der Waals surface area contributed by atoms with E-state index in [1.165, 1.54) is 0 Å². The van der Waals surface area contributed by atoms with E-state index in [9.17, 15) is 0 Å². The van der Waals surface area contributed by atoms with Gasteiger partial charge in [-0.1, -0.05) is 27.7 Å². The van der Waals surface area contributed by atoms with E-state index in [-0.39, 0.29) is 24.4 Å². The van der Waals surface area contributed by atoms with Gasteiger partial charge in [0.15, 0.2) is 0 Å². The summed E-state index contributed by atoms with van der Waals surface area (Å²) in [6.07, 6.45) is 4.76. The molecule has 0 radical (unpaired) electrons. The highest BCUT2D eigenvalue weighted by molar-refractivity contribution is 6.85. The minimum absolute atomic E-state index is 0.200. The lowest BCUT2D eigenvalue weighted by Gasteiger charge is -2.40. The van der Waals surface area contributed by atoms with E-state index < -0.39 is 17.1 Å². The SMILES string of the molecule is CCC(C)O[Si](C)(C[Si](C)(OC(C)CC)OC(C)CC)OC(C)CC. The molecule has 4 atom stereocenters. The van der Waals surface area contributed by atoms with Gasteiger partial charge in [0.05, 0.1) is 0 Å². The normalized spacial score (nSPS) is 21.8. The van der Waals surface area contributed by atoms with Gasteiger partial charge >= 0.3 is 17.1 Å². The minimum Gasteiger partial charge on any atom is -0.392 e. The zero-order chi connectivity index (χ0) is 19.7. The van der Waals surface area contributed by atoms with Crippen LogP contribution in [0.3, 0.4) is 0 Å². The molecule has 0 heterocycles. The maximum absolute atomic E-state index is 6.48. The van der Waals surface area contributed by atoms with Crippen LogP contribution >= 0.6 is 0 Å². The van der Waals surface area contributed by atoms with Gasteiger partial charge in [-0.15, -0.1) is 0 Å². The van der Waals surface area contributed by atoms with Gasteiger partial charge in [0.1, 0.15) is 0 Å². The van der Waals surface area contributed by atoms with Gasteiger partial charge in [-0.05, 0) is 66.5 Å². The maximum atomic E-state index is 6.48. The first kappa shape index (κ1) is 25.3. The van der Waals surface area contributed by atoms with Crippen molar-refractivity contribution in [2.45, 2.75) is 124 Å². The first-order valence-corrected chi connectivity index (χ1v) is 15.3. The van der Waals surface area contributed by atoms with Crippen molar-refractivity contribution in [3.8, 4) is 0 Å². The molecule has 0 rings (SSSR count). The molecule has 0 saturated heterocycles. The molecule has 0 N–H and O–H groups in total. The lowest BCUT2D eigenvalue weighted by molar-refractivity contribution is 0.0753. The average Bonchev–Trinajstić information content (AvgIpc) is 2.52. The monoisotopic (exact) mass is 392 g/mol. The van der Waals surface area contributed by atoms with Crippen molar-refractivity contribution < 1.29 is 17.7 Å².